The van der Waals surface area contributed by atoms with Crippen LogP contribution in [0.3, 0.4) is 0 Å². The Morgan fingerprint density at radius 2 is 1.58 bits per heavy atom. The van der Waals surface area contributed by atoms with Crippen LogP contribution in [0.5, 0.6) is 5.75 Å². The molecule has 6 nitrogen and oxygen atoms in total. The highest BCUT2D eigenvalue weighted by Gasteiger charge is 2.26. The predicted octanol–water partition coefficient (Wildman–Crippen LogP) is 3.51. The summed E-state index contributed by atoms with van der Waals surface area (Å²) in [5.41, 5.74) is 2.70. The number of aryl methyl sites for hydroxylation is 1. The summed E-state index contributed by atoms with van der Waals surface area (Å²) < 4.78 is 33.0. The largest absolute Gasteiger partial charge is 0.496 e. The van der Waals surface area contributed by atoms with Crippen molar-refractivity contribution in [3.8, 4) is 5.75 Å². The van der Waals surface area contributed by atoms with Crippen LogP contribution < -0.4 is 10.1 Å². The van der Waals surface area contributed by atoms with Gasteiger partial charge in [0.05, 0.1) is 18.6 Å². The van der Waals surface area contributed by atoms with Crippen LogP contribution in [0.15, 0.2) is 83.8 Å². The molecule has 0 saturated carbocycles. The van der Waals surface area contributed by atoms with E-state index in [2.05, 4.69) is 5.32 Å². The molecular weight excluding hydrogens is 412 g/mol. The van der Waals surface area contributed by atoms with Crippen LogP contribution in [0.25, 0.3) is 0 Å². The first-order chi connectivity index (χ1) is 14.9. The number of nitrogens with one attached hydrogen (secondary N) is 1. The Labute approximate surface area is 183 Å². The number of methoxy groups -OCH3 is 1. The van der Waals surface area contributed by atoms with Gasteiger partial charge in [-0.15, -0.1) is 0 Å². The molecule has 0 aliphatic heterocycles. The van der Waals surface area contributed by atoms with Crippen LogP contribution in [-0.4, -0.2) is 32.3 Å². The highest BCUT2D eigenvalue weighted by molar-refractivity contribution is 7.89. The number of hydrogen-bond donors (Lipinski definition) is 1. The zero-order valence-electron chi connectivity index (χ0n) is 17.6. The summed E-state index contributed by atoms with van der Waals surface area (Å²) in [5.74, 6) is 0.272. The van der Waals surface area contributed by atoms with E-state index >= 15 is 0 Å². The standard InChI is InChI=1S/C24H26N2O4S/c1-19-12-14-20(15-13-19)17-26(31(28,29)22-9-4-3-5-10-22)18-24(27)25-16-21-8-6-7-11-23(21)30-2/h3-15H,16-18H2,1-2H3,(H,25,27). The average Bonchev–Trinajstić information content (AvgIpc) is 2.79. The normalized spacial score (nSPS) is 11.3. The third kappa shape index (κ3) is 5.93. The van der Waals surface area contributed by atoms with E-state index in [9.17, 15) is 13.2 Å². The highest BCUT2D eigenvalue weighted by Crippen LogP contribution is 2.19. The molecular formula is C24H26N2O4S. The Kier molecular flexibility index (Phi) is 7.44. The topological polar surface area (TPSA) is 75.7 Å². The van der Waals surface area contributed by atoms with Crippen LogP contribution in [0.1, 0.15) is 16.7 Å². The molecule has 0 radical (unpaired) electrons. The Balaban J connectivity index is 1.78. The minimum atomic E-state index is -3.85. The minimum absolute atomic E-state index is 0.0968. The van der Waals surface area contributed by atoms with Gasteiger partial charge in [-0.25, -0.2) is 8.42 Å². The molecule has 0 atom stereocenters. The van der Waals surface area contributed by atoms with Gasteiger partial charge in [0.15, 0.2) is 0 Å². The SMILES string of the molecule is COc1ccccc1CNC(=O)CN(Cc1ccc(C)cc1)S(=O)(=O)c1ccccc1. The fourth-order valence-corrected chi connectivity index (χ4v) is 4.53. The number of nitrogens with zero attached hydrogens (tertiary/aromatic N) is 1. The van der Waals surface area contributed by atoms with Gasteiger partial charge in [0, 0.05) is 18.7 Å². The average molecular weight is 439 g/mol. The molecule has 3 aromatic rings. The molecule has 0 saturated heterocycles. The lowest BCUT2D eigenvalue weighted by molar-refractivity contribution is -0.121. The molecule has 31 heavy (non-hydrogen) atoms. The molecule has 0 aromatic heterocycles. The van der Waals surface area contributed by atoms with Gasteiger partial charge in [-0.2, -0.15) is 4.31 Å². The van der Waals surface area contributed by atoms with E-state index in [1.165, 1.54) is 16.4 Å². The first-order valence-electron chi connectivity index (χ1n) is 9.89. The van der Waals surface area contributed by atoms with Gasteiger partial charge >= 0.3 is 0 Å². The number of carbonyl (C=O) groups is 1. The summed E-state index contributed by atoms with van der Waals surface area (Å²) in [6, 6.07) is 23.1. The maximum absolute atomic E-state index is 13.2. The summed E-state index contributed by atoms with van der Waals surface area (Å²) in [5, 5.41) is 2.80. The quantitative estimate of drug-likeness (QED) is 0.555. The van der Waals surface area contributed by atoms with E-state index in [1.54, 1.807) is 25.3 Å². The first-order valence-corrected chi connectivity index (χ1v) is 11.3. The van der Waals surface area contributed by atoms with Crippen molar-refractivity contribution in [2.45, 2.75) is 24.9 Å². The number of ether oxygens (including phenoxy) is 1. The van der Waals surface area contributed by atoms with Gasteiger partial charge < -0.3 is 10.1 Å². The zero-order chi connectivity index (χ0) is 22.3. The lowest BCUT2D eigenvalue weighted by atomic mass is 10.1. The second-order valence-electron chi connectivity index (χ2n) is 7.16. The van der Waals surface area contributed by atoms with E-state index in [0.29, 0.717) is 5.75 Å². The highest BCUT2D eigenvalue weighted by atomic mass is 32.2. The van der Waals surface area contributed by atoms with Crippen LogP contribution >= 0.6 is 0 Å². The number of rotatable bonds is 9. The molecule has 0 aliphatic carbocycles. The van der Waals surface area contributed by atoms with E-state index in [4.69, 9.17) is 4.74 Å². The number of hydrogen-bond acceptors (Lipinski definition) is 4. The van der Waals surface area contributed by atoms with Gasteiger partial charge in [0.1, 0.15) is 5.75 Å². The smallest absolute Gasteiger partial charge is 0.243 e. The van der Waals surface area contributed by atoms with Crippen molar-refractivity contribution in [2.75, 3.05) is 13.7 Å². The number of amides is 1. The maximum atomic E-state index is 13.2. The maximum Gasteiger partial charge on any atom is 0.243 e. The Morgan fingerprint density at radius 1 is 0.935 bits per heavy atom. The molecule has 3 aromatic carbocycles. The van der Waals surface area contributed by atoms with Crippen molar-refractivity contribution >= 4 is 15.9 Å². The number of benzene rings is 3. The molecule has 0 heterocycles. The number of para-hydroxylation sites is 1. The number of carbonyl (C=O) groups excluding carboxylic acids is 1. The van der Waals surface area contributed by atoms with Gasteiger partial charge in [-0.05, 0) is 30.7 Å². The summed E-state index contributed by atoms with van der Waals surface area (Å²) in [6.07, 6.45) is 0. The molecule has 0 unspecified atom stereocenters. The third-order valence-electron chi connectivity index (χ3n) is 4.85. The lowest BCUT2D eigenvalue weighted by Gasteiger charge is -2.22. The van der Waals surface area contributed by atoms with E-state index < -0.39 is 15.9 Å². The van der Waals surface area contributed by atoms with Gasteiger partial charge in [0.2, 0.25) is 15.9 Å². The van der Waals surface area contributed by atoms with Crippen molar-refractivity contribution in [3.63, 3.8) is 0 Å². The van der Waals surface area contributed by atoms with Crippen molar-refractivity contribution < 1.29 is 17.9 Å². The Bertz CT molecular complexity index is 1110. The fourth-order valence-electron chi connectivity index (χ4n) is 3.12. The number of sulfonamides is 1. The van der Waals surface area contributed by atoms with Crippen molar-refractivity contribution in [1.29, 1.82) is 0 Å². The molecule has 162 valence electrons. The summed E-state index contributed by atoms with van der Waals surface area (Å²) in [6.45, 7) is 2.01. The Hall–Kier alpha value is -3.16. The second-order valence-corrected chi connectivity index (χ2v) is 9.10. The summed E-state index contributed by atoms with van der Waals surface area (Å²) >= 11 is 0. The molecule has 0 fully saturated rings. The minimum Gasteiger partial charge on any atom is -0.496 e. The van der Waals surface area contributed by atoms with Crippen molar-refractivity contribution in [3.05, 3.63) is 95.6 Å². The van der Waals surface area contributed by atoms with Crippen LogP contribution in [0.4, 0.5) is 0 Å². The molecule has 0 aliphatic rings. The molecule has 0 bridgehead atoms. The second kappa shape index (κ2) is 10.2. The predicted molar refractivity (Wildman–Crippen MR) is 120 cm³/mol. The fraction of sp³-hybridized carbons (Fsp3) is 0.208. The van der Waals surface area contributed by atoms with Crippen LogP contribution in [0.2, 0.25) is 0 Å². The lowest BCUT2D eigenvalue weighted by Crippen LogP contribution is -2.40. The van der Waals surface area contributed by atoms with Gasteiger partial charge in [-0.1, -0.05) is 66.2 Å². The molecule has 1 N–H and O–H groups in total. The third-order valence-corrected chi connectivity index (χ3v) is 6.65. The van der Waals surface area contributed by atoms with Crippen molar-refractivity contribution in [2.24, 2.45) is 0 Å². The molecule has 7 heteroatoms. The molecule has 1 amide bonds. The first kappa shape index (κ1) is 22.5. The van der Waals surface area contributed by atoms with E-state index in [-0.39, 0.29) is 24.5 Å². The van der Waals surface area contributed by atoms with E-state index in [1.807, 2.05) is 55.5 Å². The van der Waals surface area contributed by atoms with E-state index in [0.717, 1.165) is 16.7 Å². The zero-order valence-corrected chi connectivity index (χ0v) is 18.4. The Morgan fingerprint density at radius 3 is 2.26 bits per heavy atom. The van der Waals surface area contributed by atoms with Crippen molar-refractivity contribution in [1.82, 2.24) is 9.62 Å². The summed E-state index contributed by atoms with van der Waals surface area (Å²) in [7, 11) is -2.29. The van der Waals surface area contributed by atoms with Gasteiger partial charge in [-0.3, -0.25) is 4.79 Å². The molecule has 0 spiro atoms. The summed E-state index contributed by atoms with van der Waals surface area (Å²) in [4.78, 5) is 12.8. The molecule has 3 rings (SSSR count). The van der Waals surface area contributed by atoms with Crippen LogP contribution in [0, 0.1) is 6.92 Å². The monoisotopic (exact) mass is 438 g/mol. The van der Waals surface area contributed by atoms with Crippen LogP contribution in [-0.2, 0) is 27.9 Å². The van der Waals surface area contributed by atoms with Gasteiger partial charge in [0.25, 0.3) is 0 Å².